The highest BCUT2D eigenvalue weighted by molar-refractivity contribution is 6.27. The van der Waals surface area contributed by atoms with Crippen LogP contribution in [0.5, 0.6) is 5.75 Å². The van der Waals surface area contributed by atoms with Crippen LogP contribution >= 0.6 is 0 Å². The molecule has 2 N–H and O–H groups in total. The Labute approximate surface area is 231 Å². The van der Waals surface area contributed by atoms with Gasteiger partial charge < -0.3 is 24.4 Å². The highest BCUT2D eigenvalue weighted by atomic mass is 19.1. The van der Waals surface area contributed by atoms with Crippen LogP contribution in [0.2, 0.25) is 0 Å². The van der Waals surface area contributed by atoms with Gasteiger partial charge >= 0.3 is 11.9 Å². The standard InChI is InChI=1S/C28H31FN4O.C2H2O4/c1-34-25-10-6-21(7-11-25)12-16-32-17-13-22(14-18-32)19-27-31-28-26(3-2-15-30-28)33(27)20-23-4-8-24(29)9-5-23;3-1(4)2(5)6/h2-11,15,22H,12-14,16-20H2,1H3;(H,3,4)(H,5,6). The zero-order chi connectivity index (χ0) is 28.5. The number of aromatic nitrogens is 3. The van der Waals surface area contributed by atoms with Gasteiger partial charge in [0, 0.05) is 25.7 Å². The number of carboxylic acid groups (broad SMARTS) is 2. The van der Waals surface area contributed by atoms with E-state index in [1.54, 1.807) is 13.3 Å². The van der Waals surface area contributed by atoms with Crippen molar-refractivity contribution in [2.45, 2.75) is 32.2 Å². The summed E-state index contributed by atoms with van der Waals surface area (Å²) in [5, 5.41) is 14.8. The summed E-state index contributed by atoms with van der Waals surface area (Å²) in [6.07, 6.45) is 6.16. The van der Waals surface area contributed by atoms with Crippen molar-refractivity contribution in [2.24, 2.45) is 5.92 Å². The van der Waals surface area contributed by atoms with E-state index in [1.807, 2.05) is 30.3 Å². The first-order valence-electron chi connectivity index (χ1n) is 13.2. The summed E-state index contributed by atoms with van der Waals surface area (Å²) in [5.41, 5.74) is 4.25. The molecule has 0 radical (unpaired) electrons. The van der Waals surface area contributed by atoms with Gasteiger partial charge in [0.15, 0.2) is 5.65 Å². The summed E-state index contributed by atoms with van der Waals surface area (Å²) < 4.78 is 20.9. The fourth-order valence-electron chi connectivity index (χ4n) is 4.86. The minimum atomic E-state index is -1.82. The zero-order valence-electron chi connectivity index (χ0n) is 22.4. The summed E-state index contributed by atoms with van der Waals surface area (Å²) in [5.74, 6) is -1.26. The number of carboxylic acids is 2. The van der Waals surface area contributed by atoms with Crippen molar-refractivity contribution >= 4 is 23.1 Å². The topological polar surface area (TPSA) is 118 Å². The number of carbonyl (C=O) groups is 2. The van der Waals surface area contributed by atoms with Crippen LogP contribution < -0.4 is 4.74 Å². The molecule has 0 aliphatic carbocycles. The van der Waals surface area contributed by atoms with Gasteiger partial charge in [-0.1, -0.05) is 24.3 Å². The van der Waals surface area contributed by atoms with Crippen molar-refractivity contribution in [2.75, 3.05) is 26.7 Å². The molecular weight excluding hydrogens is 515 g/mol. The van der Waals surface area contributed by atoms with E-state index >= 15 is 0 Å². The maximum Gasteiger partial charge on any atom is 0.414 e. The molecule has 2 aromatic carbocycles. The lowest BCUT2D eigenvalue weighted by molar-refractivity contribution is -0.159. The molecule has 0 saturated carbocycles. The summed E-state index contributed by atoms with van der Waals surface area (Å²) in [6.45, 7) is 4.01. The Hall–Kier alpha value is -4.31. The van der Waals surface area contributed by atoms with Crippen LogP contribution in [0.15, 0.2) is 66.9 Å². The Morgan fingerprint density at radius 1 is 0.975 bits per heavy atom. The summed E-state index contributed by atoms with van der Waals surface area (Å²) in [6, 6.07) is 19.2. The van der Waals surface area contributed by atoms with Gasteiger partial charge in [0.05, 0.1) is 12.6 Å². The normalized spacial score (nSPS) is 13.9. The number of rotatable bonds is 8. The fourth-order valence-corrected chi connectivity index (χ4v) is 4.86. The van der Waals surface area contributed by atoms with E-state index in [-0.39, 0.29) is 5.82 Å². The van der Waals surface area contributed by atoms with Crippen molar-refractivity contribution in [1.29, 1.82) is 0 Å². The number of hydrogen-bond donors (Lipinski definition) is 2. The third-order valence-corrected chi connectivity index (χ3v) is 7.09. The minimum Gasteiger partial charge on any atom is -0.497 e. The number of methoxy groups -OCH3 is 1. The monoisotopic (exact) mass is 548 g/mol. The number of nitrogens with zero attached hydrogens (tertiary/aromatic N) is 4. The quantitative estimate of drug-likeness (QED) is 0.314. The fraction of sp³-hybridized carbons (Fsp3) is 0.333. The number of likely N-dealkylation sites (tertiary alicyclic amines) is 1. The molecule has 1 fully saturated rings. The molecule has 0 bridgehead atoms. The number of benzene rings is 2. The highest BCUT2D eigenvalue weighted by Gasteiger charge is 2.22. The maximum atomic E-state index is 13.4. The molecule has 1 saturated heterocycles. The smallest absolute Gasteiger partial charge is 0.414 e. The first kappa shape index (κ1) is 28.7. The number of piperidine rings is 1. The average molecular weight is 549 g/mol. The second kappa shape index (κ2) is 13.7. The number of pyridine rings is 1. The number of ether oxygens (including phenoxy) is 1. The van der Waals surface area contributed by atoms with E-state index in [9.17, 15) is 4.39 Å². The summed E-state index contributed by atoms with van der Waals surface area (Å²) in [7, 11) is 1.70. The summed E-state index contributed by atoms with van der Waals surface area (Å²) in [4.78, 5) is 30.1. The van der Waals surface area contributed by atoms with Crippen LogP contribution in [-0.4, -0.2) is 68.3 Å². The van der Waals surface area contributed by atoms with Gasteiger partial charge in [-0.25, -0.2) is 23.9 Å². The zero-order valence-corrected chi connectivity index (χ0v) is 22.4. The van der Waals surface area contributed by atoms with Crippen LogP contribution in [0.3, 0.4) is 0 Å². The lowest BCUT2D eigenvalue weighted by atomic mass is 9.93. The Bertz CT molecular complexity index is 1400. The lowest BCUT2D eigenvalue weighted by Gasteiger charge is -2.32. The van der Waals surface area contributed by atoms with E-state index in [0.717, 1.165) is 60.8 Å². The second-order valence-electron chi connectivity index (χ2n) is 9.78. The van der Waals surface area contributed by atoms with Crippen molar-refractivity contribution < 1.29 is 28.9 Å². The van der Waals surface area contributed by atoms with Gasteiger partial charge in [-0.05, 0) is 85.8 Å². The largest absolute Gasteiger partial charge is 0.497 e. The number of fused-ring (bicyclic) bond motifs is 1. The molecule has 2 aromatic heterocycles. The van der Waals surface area contributed by atoms with E-state index in [4.69, 9.17) is 29.5 Å². The van der Waals surface area contributed by atoms with Gasteiger partial charge in [-0.3, -0.25) is 0 Å². The molecule has 0 atom stereocenters. The second-order valence-corrected chi connectivity index (χ2v) is 9.78. The molecule has 1 aliphatic heterocycles. The number of aliphatic carboxylic acids is 2. The van der Waals surface area contributed by atoms with Crippen LogP contribution in [0, 0.1) is 11.7 Å². The van der Waals surface area contributed by atoms with Crippen molar-refractivity contribution in [3.8, 4) is 5.75 Å². The molecule has 0 spiro atoms. The van der Waals surface area contributed by atoms with E-state index in [1.165, 1.54) is 30.5 Å². The van der Waals surface area contributed by atoms with E-state index < -0.39 is 11.9 Å². The molecule has 3 heterocycles. The highest BCUT2D eigenvalue weighted by Crippen LogP contribution is 2.25. The first-order chi connectivity index (χ1) is 19.3. The molecule has 0 amide bonds. The third kappa shape index (κ3) is 7.86. The van der Waals surface area contributed by atoms with Crippen molar-refractivity contribution in [1.82, 2.24) is 19.4 Å². The Kier molecular flexibility index (Phi) is 9.80. The molecule has 40 heavy (non-hydrogen) atoms. The average Bonchev–Trinajstić information content (AvgIpc) is 3.31. The third-order valence-electron chi connectivity index (χ3n) is 7.09. The number of halogens is 1. The molecule has 4 aromatic rings. The number of imidazole rings is 1. The lowest BCUT2D eigenvalue weighted by Crippen LogP contribution is -2.36. The van der Waals surface area contributed by atoms with E-state index in [0.29, 0.717) is 12.5 Å². The minimum absolute atomic E-state index is 0.208. The van der Waals surface area contributed by atoms with Crippen LogP contribution in [0.1, 0.15) is 29.8 Å². The van der Waals surface area contributed by atoms with Crippen LogP contribution in [0.25, 0.3) is 11.2 Å². The van der Waals surface area contributed by atoms with Gasteiger partial charge in [0.2, 0.25) is 0 Å². The molecule has 10 heteroatoms. The molecule has 0 unspecified atom stereocenters. The predicted octanol–water partition coefficient (Wildman–Crippen LogP) is 4.28. The van der Waals surface area contributed by atoms with E-state index in [2.05, 4.69) is 32.7 Å². The molecular formula is C30H33FN4O5. The Balaban J connectivity index is 0.000000557. The molecule has 210 valence electrons. The molecule has 5 rings (SSSR count). The van der Waals surface area contributed by atoms with Crippen LogP contribution in [0.4, 0.5) is 4.39 Å². The van der Waals surface area contributed by atoms with Gasteiger partial charge in [0.25, 0.3) is 0 Å². The van der Waals surface area contributed by atoms with Crippen LogP contribution in [-0.2, 0) is 29.0 Å². The first-order valence-corrected chi connectivity index (χ1v) is 13.2. The Morgan fingerprint density at radius 2 is 1.62 bits per heavy atom. The van der Waals surface area contributed by atoms with Crippen molar-refractivity contribution in [3.63, 3.8) is 0 Å². The van der Waals surface area contributed by atoms with Crippen molar-refractivity contribution in [3.05, 3.63) is 89.6 Å². The predicted molar refractivity (Wildman–Crippen MR) is 148 cm³/mol. The maximum absolute atomic E-state index is 13.4. The van der Waals surface area contributed by atoms with Gasteiger partial charge in [-0.15, -0.1) is 0 Å². The molecule has 1 aliphatic rings. The SMILES string of the molecule is COc1ccc(CCN2CCC(Cc3nc4ncccc4n3Cc3ccc(F)cc3)CC2)cc1.O=C(O)C(=O)O. The summed E-state index contributed by atoms with van der Waals surface area (Å²) >= 11 is 0. The molecule has 9 nitrogen and oxygen atoms in total. The van der Waals surface area contributed by atoms with Gasteiger partial charge in [-0.2, -0.15) is 0 Å². The number of hydrogen-bond acceptors (Lipinski definition) is 6. The Morgan fingerprint density at radius 3 is 2.25 bits per heavy atom. The van der Waals surface area contributed by atoms with Gasteiger partial charge in [0.1, 0.15) is 17.4 Å².